The zero-order valence-corrected chi connectivity index (χ0v) is 15.7. The number of carbonyl (C=O) groups excluding carboxylic acids is 1. The summed E-state index contributed by atoms with van der Waals surface area (Å²) in [4.78, 5) is 16.5. The zero-order chi connectivity index (χ0) is 18.7. The second kappa shape index (κ2) is 7.96. The summed E-state index contributed by atoms with van der Waals surface area (Å²) in [5.74, 6) is -0.196. The molecule has 0 saturated carbocycles. The van der Waals surface area contributed by atoms with Crippen LogP contribution in [0.3, 0.4) is 0 Å². The SMILES string of the molecule is C=C(Cn1ccnc1)c1cc(Cl)ccc1OC(=O)c1ccc(Cl)c(Cl)c1. The first-order valence-electron chi connectivity index (χ1n) is 7.54. The standard InChI is InChI=1S/C19H13Cl3N2O2/c1-12(10-24-7-6-23-11-24)15-9-14(20)3-5-18(15)26-19(25)13-2-4-16(21)17(22)8-13/h2-9,11H,1,10H2. The van der Waals surface area contributed by atoms with Crippen molar-refractivity contribution in [3.63, 3.8) is 0 Å². The fourth-order valence-electron chi connectivity index (χ4n) is 2.34. The van der Waals surface area contributed by atoms with Crippen LogP contribution in [0.25, 0.3) is 5.57 Å². The van der Waals surface area contributed by atoms with Crippen LogP contribution in [0.2, 0.25) is 15.1 Å². The number of allylic oxidation sites excluding steroid dienone is 1. The molecule has 0 radical (unpaired) electrons. The molecule has 0 aliphatic heterocycles. The van der Waals surface area contributed by atoms with Gasteiger partial charge < -0.3 is 9.30 Å². The van der Waals surface area contributed by atoms with E-state index in [0.29, 0.717) is 33.5 Å². The lowest BCUT2D eigenvalue weighted by Crippen LogP contribution is -2.10. The largest absolute Gasteiger partial charge is 0.422 e. The summed E-state index contributed by atoms with van der Waals surface area (Å²) in [6.45, 7) is 4.55. The first-order chi connectivity index (χ1) is 12.4. The predicted octanol–water partition coefficient (Wildman–Crippen LogP) is 5.78. The van der Waals surface area contributed by atoms with Crippen molar-refractivity contribution in [2.24, 2.45) is 0 Å². The number of rotatable bonds is 5. The molecule has 0 saturated heterocycles. The van der Waals surface area contributed by atoms with Gasteiger partial charge >= 0.3 is 5.97 Å². The van der Waals surface area contributed by atoms with Crippen LogP contribution in [0.15, 0.2) is 61.7 Å². The molecule has 3 aromatic rings. The summed E-state index contributed by atoms with van der Waals surface area (Å²) in [5.41, 5.74) is 1.66. The topological polar surface area (TPSA) is 44.1 Å². The third kappa shape index (κ3) is 4.28. The van der Waals surface area contributed by atoms with Gasteiger partial charge in [0.25, 0.3) is 0 Å². The maximum atomic E-state index is 12.5. The van der Waals surface area contributed by atoms with Crippen LogP contribution in [0.5, 0.6) is 5.75 Å². The van der Waals surface area contributed by atoms with Crippen LogP contribution in [0.4, 0.5) is 0 Å². The number of benzene rings is 2. The van der Waals surface area contributed by atoms with E-state index >= 15 is 0 Å². The highest BCUT2D eigenvalue weighted by molar-refractivity contribution is 6.42. The van der Waals surface area contributed by atoms with Crippen molar-refractivity contribution in [1.82, 2.24) is 9.55 Å². The second-order valence-electron chi connectivity index (χ2n) is 5.50. The van der Waals surface area contributed by atoms with Crippen molar-refractivity contribution in [2.45, 2.75) is 6.54 Å². The number of hydrogen-bond acceptors (Lipinski definition) is 3. The van der Waals surface area contributed by atoms with Crippen molar-refractivity contribution < 1.29 is 9.53 Å². The van der Waals surface area contributed by atoms with Gasteiger partial charge in [-0.15, -0.1) is 0 Å². The average molecular weight is 408 g/mol. The minimum atomic E-state index is -0.553. The van der Waals surface area contributed by atoms with Crippen LogP contribution >= 0.6 is 34.8 Å². The number of nitrogens with zero attached hydrogens (tertiary/aromatic N) is 2. The van der Waals surface area contributed by atoms with Gasteiger partial charge in [-0.05, 0) is 42.0 Å². The highest BCUT2D eigenvalue weighted by atomic mass is 35.5. The Kier molecular flexibility index (Phi) is 5.67. The molecule has 0 unspecified atom stereocenters. The minimum Gasteiger partial charge on any atom is -0.422 e. The number of hydrogen-bond donors (Lipinski definition) is 0. The number of carbonyl (C=O) groups is 1. The third-order valence-corrected chi connectivity index (χ3v) is 4.59. The number of halogens is 3. The summed E-state index contributed by atoms with van der Waals surface area (Å²) in [5, 5.41) is 1.16. The number of ether oxygens (including phenoxy) is 1. The minimum absolute atomic E-state index is 0.280. The lowest BCUT2D eigenvalue weighted by Gasteiger charge is -2.13. The van der Waals surface area contributed by atoms with Gasteiger partial charge in [-0.3, -0.25) is 0 Å². The molecule has 7 heteroatoms. The number of imidazole rings is 1. The first kappa shape index (κ1) is 18.5. The smallest absolute Gasteiger partial charge is 0.343 e. The van der Waals surface area contributed by atoms with E-state index in [1.807, 2.05) is 10.8 Å². The summed E-state index contributed by atoms with van der Waals surface area (Å²) in [7, 11) is 0. The molecule has 0 aliphatic carbocycles. The Balaban J connectivity index is 1.86. The maximum absolute atomic E-state index is 12.5. The van der Waals surface area contributed by atoms with Crippen molar-refractivity contribution >= 4 is 46.3 Å². The Morgan fingerprint density at radius 2 is 1.92 bits per heavy atom. The van der Waals surface area contributed by atoms with Gasteiger partial charge in [-0.1, -0.05) is 41.4 Å². The van der Waals surface area contributed by atoms with Gasteiger partial charge in [0, 0.05) is 29.5 Å². The van der Waals surface area contributed by atoms with Crippen molar-refractivity contribution in [2.75, 3.05) is 0 Å². The fraction of sp³-hybridized carbons (Fsp3) is 0.0526. The second-order valence-corrected chi connectivity index (χ2v) is 6.75. The van der Waals surface area contributed by atoms with E-state index in [4.69, 9.17) is 39.5 Å². The zero-order valence-electron chi connectivity index (χ0n) is 13.5. The molecule has 0 fully saturated rings. The lowest BCUT2D eigenvalue weighted by molar-refractivity contribution is 0.0734. The average Bonchev–Trinajstić information content (AvgIpc) is 3.11. The van der Waals surface area contributed by atoms with Crippen molar-refractivity contribution in [1.29, 1.82) is 0 Å². The number of aromatic nitrogens is 2. The molecule has 0 N–H and O–H groups in total. The highest BCUT2D eigenvalue weighted by Crippen LogP contribution is 2.30. The van der Waals surface area contributed by atoms with E-state index < -0.39 is 5.97 Å². The molecule has 26 heavy (non-hydrogen) atoms. The van der Waals surface area contributed by atoms with Crippen LogP contribution in [0, 0.1) is 0 Å². The van der Waals surface area contributed by atoms with Gasteiger partial charge in [0.1, 0.15) is 5.75 Å². The first-order valence-corrected chi connectivity index (χ1v) is 8.68. The summed E-state index contributed by atoms with van der Waals surface area (Å²) in [6, 6.07) is 9.53. The van der Waals surface area contributed by atoms with Gasteiger partial charge in [-0.2, -0.15) is 0 Å². The Morgan fingerprint density at radius 3 is 2.62 bits per heavy atom. The van der Waals surface area contributed by atoms with Gasteiger partial charge in [-0.25, -0.2) is 9.78 Å². The van der Waals surface area contributed by atoms with Crippen LogP contribution in [0.1, 0.15) is 15.9 Å². The lowest BCUT2D eigenvalue weighted by atomic mass is 10.1. The normalized spacial score (nSPS) is 10.6. The van der Waals surface area contributed by atoms with Gasteiger partial charge in [0.15, 0.2) is 0 Å². The van der Waals surface area contributed by atoms with Crippen LogP contribution < -0.4 is 4.74 Å². The van der Waals surface area contributed by atoms with E-state index in [1.165, 1.54) is 6.07 Å². The van der Waals surface area contributed by atoms with Gasteiger partial charge in [0.2, 0.25) is 0 Å². The van der Waals surface area contributed by atoms with E-state index in [9.17, 15) is 4.79 Å². The maximum Gasteiger partial charge on any atom is 0.343 e. The quantitative estimate of drug-likeness (QED) is 0.398. The molecule has 0 atom stereocenters. The molecule has 1 heterocycles. The molecule has 4 nitrogen and oxygen atoms in total. The molecule has 0 spiro atoms. The van der Waals surface area contributed by atoms with Gasteiger partial charge in [0.05, 0.1) is 21.9 Å². The monoisotopic (exact) mass is 406 g/mol. The molecular formula is C19H13Cl3N2O2. The Bertz CT molecular complexity index is 969. The molecular weight excluding hydrogens is 395 g/mol. The van der Waals surface area contributed by atoms with Crippen molar-refractivity contribution in [3.05, 3.63) is 87.9 Å². The van der Waals surface area contributed by atoms with E-state index in [-0.39, 0.29) is 5.02 Å². The molecule has 2 aromatic carbocycles. The van der Waals surface area contributed by atoms with E-state index in [2.05, 4.69) is 11.6 Å². The summed E-state index contributed by atoms with van der Waals surface area (Å²) in [6.07, 6.45) is 5.17. The summed E-state index contributed by atoms with van der Waals surface area (Å²) >= 11 is 17.9. The third-order valence-electron chi connectivity index (χ3n) is 3.61. The molecule has 0 bridgehead atoms. The van der Waals surface area contributed by atoms with E-state index in [1.54, 1.807) is 42.9 Å². The Hall–Kier alpha value is -2.27. The highest BCUT2D eigenvalue weighted by Gasteiger charge is 2.15. The molecule has 0 aliphatic rings. The van der Waals surface area contributed by atoms with Crippen LogP contribution in [-0.2, 0) is 6.54 Å². The predicted molar refractivity (Wildman–Crippen MR) is 104 cm³/mol. The molecule has 0 amide bonds. The molecule has 1 aromatic heterocycles. The molecule has 3 rings (SSSR count). The van der Waals surface area contributed by atoms with Crippen molar-refractivity contribution in [3.8, 4) is 5.75 Å². The molecule has 132 valence electrons. The fourth-order valence-corrected chi connectivity index (χ4v) is 2.81. The Morgan fingerprint density at radius 1 is 1.12 bits per heavy atom. The van der Waals surface area contributed by atoms with Crippen LogP contribution in [-0.4, -0.2) is 15.5 Å². The number of esters is 1. The Labute approximate surface area is 165 Å². The summed E-state index contributed by atoms with van der Waals surface area (Å²) < 4.78 is 7.39. The van der Waals surface area contributed by atoms with E-state index in [0.717, 1.165) is 5.57 Å².